The molecule has 0 rings (SSSR count). The second-order valence-electron chi connectivity index (χ2n) is 7.36. The molecule has 0 aromatic rings. The molecule has 0 aromatic heterocycles. The zero-order chi connectivity index (χ0) is 17.6. The van der Waals surface area contributed by atoms with E-state index in [1.54, 1.807) is 0 Å². The van der Waals surface area contributed by atoms with Crippen LogP contribution in [0.25, 0.3) is 0 Å². The van der Waals surface area contributed by atoms with Gasteiger partial charge in [-0.25, -0.2) is 0 Å². The van der Waals surface area contributed by atoms with Crippen molar-refractivity contribution < 1.29 is 14.3 Å². The number of rotatable bonds is 11. The summed E-state index contributed by atoms with van der Waals surface area (Å²) >= 11 is 0. The Labute approximate surface area is 138 Å². The molecule has 0 saturated carbocycles. The van der Waals surface area contributed by atoms with Gasteiger partial charge in [-0.05, 0) is 52.4 Å². The van der Waals surface area contributed by atoms with Crippen LogP contribution in [0, 0.1) is 5.41 Å². The van der Waals surface area contributed by atoms with Gasteiger partial charge in [0.1, 0.15) is 11.7 Å². The number of hydrogen-bond donors (Lipinski definition) is 0. The summed E-state index contributed by atoms with van der Waals surface area (Å²) in [5, 5.41) is 0. The summed E-state index contributed by atoms with van der Waals surface area (Å²) in [6.45, 7) is 19.1. The van der Waals surface area contributed by atoms with Crippen molar-refractivity contribution in [2.75, 3.05) is 6.61 Å². The molecule has 0 spiro atoms. The maximum absolute atomic E-state index is 12.8. The van der Waals surface area contributed by atoms with Gasteiger partial charge in [0.25, 0.3) is 0 Å². The fraction of sp³-hybridized carbons (Fsp3) is 0.947. The van der Waals surface area contributed by atoms with Crippen molar-refractivity contribution in [1.29, 1.82) is 0 Å². The first kappa shape index (κ1) is 21.6. The maximum Gasteiger partial charge on any atom is 0.192 e. The zero-order valence-electron chi connectivity index (χ0n) is 16.3. The molecule has 0 aliphatic carbocycles. The second-order valence-corrected chi connectivity index (χ2v) is 7.36. The maximum atomic E-state index is 12.8. The largest absolute Gasteiger partial charge is 0.368 e. The summed E-state index contributed by atoms with van der Waals surface area (Å²) in [5.41, 5.74) is -1.05. The third kappa shape index (κ3) is 4.79. The molecule has 0 radical (unpaired) electrons. The Bertz CT molecular complexity index is 351. The zero-order valence-corrected chi connectivity index (χ0v) is 16.3. The van der Waals surface area contributed by atoms with Gasteiger partial charge in [-0.2, -0.15) is 0 Å². The molecule has 3 unspecified atom stereocenters. The lowest BCUT2D eigenvalue weighted by Crippen LogP contribution is -2.51. The first-order chi connectivity index (χ1) is 10.0. The van der Waals surface area contributed by atoms with Gasteiger partial charge in [0, 0.05) is 6.61 Å². The Morgan fingerprint density at radius 2 is 1.55 bits per heavy atom. The normalized spacial score (nSPS) is 19.3. The van der Waals surface area contributed by atoms with Gasteiger partial charge in [0.15, 0.2) is 5.78 Å². The molecule has 0 aromatic carbocycles. The van der Waals surface area contributed by atoms with E-state index < -0.39 is 11.7 Å². The number of Topliss-reactive ketones (excluding diaryl/α,β-unsaturated/α-hetero) is 1. The number of ketones is 1. The van der Waals surface area contributed by atoms with E-state index in [0.29, 0.717) is 13.0 Å². The quantitative estimate of drug-likeness (QED) is 0.528. The van der Waals surface area contributed by atoms with E-state index in [9.17, 15) is 4.79 Å². The van der Waals surface area contributed by atoms with Crippen LogP contribution >= 0.6 is 0 Å². The van der Waals surface area contributed by atoms with Gasteiger partial charge >= 0.3 is 0 Å². The highest BCUT2D eigenvalue weighted by molar-refractivity contribution is 5.90. The molecule has 3 atom stereocenters. The summed E-state index contributed by atoms with van der Waals surface area (Å²) in [5.74, 6) is 0.0452. The summed E-state index contributed by atoms with van der Waals surface area (Å²) in [6, 6.07) is 0. The van der Waals surface area contributed by atoms with Crippen molar-refractivity contribution in [3.8, 4) is 0 Å². The topological polar surface area (TPSA) is 35.5 Å². The highest BCUT2D eigenvalue weighted by Gasteiger charge is 2.44. The van der Waals surface area contributed by atoms with Gasteiger partial charge in [-0.15, -0.1) is 0 Å². The molecule has 0 heterocycles. The minimum Gasteiger partial charge on any atom is -0.368 e. The molecule has 0 saturated heterocycles. The SMILES string of the molecule is CCCC(C)(C)C(C)(CC)OC(C)C(=O)C(C)(CC)OCC. The molecule has 3 heteroatoms. The van der Waals surface area contributed by atoms with E-state index in [1.165, 1.54) is 0 Å². The van der Waals surface area contributed by atoms with Crippen molar-refractivity contribution in [1.82, 2.24) is 0 Å². The predicted octanol–water partition coefficient (Wildman–Crippen LogP) is 5.16. The minimum absolute atomic E-state index is 0.0271. The number of hydrogen-bond acceptors (Lipinski definition) is 3. The average Bonchev–Trinajstić information content (AvgIpc) is 2.45. The number of carbonyl (C=O) groups is 1. The van der Waals surface area contributed by atoms with Crippen LogP contribution in [-0.2, 0) is 14.3 Å². The fourth-order valence-electron chi connectivity index (χ4n) is 3.15. The third-order valence-electron chi connectivity index (χ3n) is 5.45. The lowest BCUT2D eigenvalue weighted by Gasteiger charge is -2.46. The average molecular weight is 315 g/mol. The van der Waals surface area contributed by atoms with Gasteiger partial charge < -0.3 is 9.47 Å². The smallest absolute Gasteiger partial charge is 0.192 e. The van der Waals surface area contributed by atoms with E-state index >= 15 is 0 Å². The Morgan fingerprint density at radius 1 is 1.00 bits per heavy atom. The predicted molar refractivity (Wildman–Crippen MR) is 93.3 cm³/mol. The van der Waals surface area contributed by atoms with Gasteiger partial charge in [-0.1, -0.05) is 41.0 Å². The number of carbonyl (C=O) groups excluding carboxylic acids is 1. The first-order valence-electron chi connectivity index (χ1n) is 8.89. The van der Waals surface area contributed by atoms with Gasteiger partial charge in [0.05, 0.1) is 5.60 Å². The van der Waals surface area contributed by atoms with Crippen LogP contribution in [0.4, 0.5) is 0 Å². The van der Waals surface area contributed by atoms with Gasteiger partial charge in [-0.3, -0.25) is 4.79 Å². The highest BCUT2D eigenvalue weighted by atomic mass is 16.5. The summed E-state index contributed by atoms with van der Waals surface area (Å²) in [7, 11) is 0. The van der Waals surface area contributed by atoms with E-state index in [0.717, 1.165) is 19.3 Å². The van der Waals surface area contributed by atoms with Crippen molar-refractivity contribution in [2.45, 2.75) is 105 Å². The van der Waals surface area contributed by atoms with Crippen LogP contribution < -0.4 is 0 Å². The van der Waals surface area contributed by atoms with E-state index in [2.05, 4.69) is 34.6 Å². The van der Waals surface area contributed by atoms with E-state index in [-0.39, 0.29) is 16.8 Å². The molecule has 132 valence electrons. The van der Waals surface area contributed by atoms with Crippen LogP contribution in [-0.4, -0.2) is 29.7 Å². The molecular formula is C19H38O3. The molecule has 0 fully saturated rings. The molecule has 0 aliphatic rings. The Balaban J connectivity index is 5.21. The molecule has 0 aliphatic heterocycles. The molecule has 0 bridgehead atoms. The molecule has 0 amide bonds. The summed E-state index contributed by atoms with van der Waals surface area (Å²) < 4.78 is 12.0. The Kier molecular flexibility index (Phi) is 8.29. The standard InChI is InChI=1S/C19H38O3/c1-10-14-17(6,7)19(9,12-3)22-15(5)16(20)18(8,11-2)21-13-4/h15H,10-14H2,1-9H3. The first-order valence-corrected chi connectivity index (χ1v) is 8.89. The van der Waals surface area contributed by atoms with E-state index in [1.807, 2.05) is 27.7 Å². The van der Waals surface area contributed by atoms with Crippen LogP contribution in [0.2, 0.25) is 0 Å². The monoisotopic (exact) mass is 314 g/mol. The molecule has 22 heavy (non-hydrogen) atoms. The lowest BCUT2D eigenvalue weighted by molar-refractivity contribution is -0.180. The Hall–Kier alpha value is -0.410. The van der Waals surface area contributed by atoms with Gasteiger partial charge in [0.2, 0.25) is 0 Å². The van der Waals surface area contributed by atoms with Crippen LogP contribution in [0.15, 0.2) is 0 Å². The van der Waals surface area contributed by atoms with E-state index in [4.69, 9.17) is 9.47 Å². The molecule has 3 nitrogen and oxygen atoms in total. The van der Waals surface area contributed by atoms with Crippen LogP contribution in [0.3, 0.4) is 0 Å². The number of ether oxygens (including phenoxy) is 2. The fourth-order valence-corrected chi connectivity index (χ4v) is 3.15. The van der Waals surface area contributed by atoms with Crippen LogP contribution in [0.1, 0.15) is 88.0 Å². The highest BCUT2D eigenvalue weighted by Crippen LogP contribution is 2.41. The van der Waals surface area contributed by atoms with Crippen molar-refractivity contribution in [2.24, 2.45) is 5.41 Å². The van der Waals surface area contributed by atoms with Crippen molar-refractivity contribution in [3.05, 3.63) is 0 Å². The van der Waals surface area contributed by atoms with Crippen molar-refractivity contribution in [3.63, 3.8) is 0 Å². The molecule has 0 N–H and O–H groups in total. The summed E-state index contributed by atoms with van der Waals surface area (Å²) in [6.07, 6.45) is 3.27. The molecular weight excluding hydrogens is 276 g/mol. The lowest BCUT2D eigenvalue weighted by atomic mass is 9.71. The van der Waals surface area contributed by atoms with Crippen molar-refractivity contribution >= 4 is 5.78 Å². The summed E-state index contributed by atoms with van der Waals surface area (Å²) in [4.78, 5) is 12.8. The Morgan fingerprint density at radius 3 is 1.91 bits per heavy atom. The minimum atomic E-state index is -0.752. The second kappa shape index (κ2) is 8.44. The third-order valence-corrected chi connectivity index (χ3v) is 5.45. The van der Waals surface area contributed by atoms with Crippen LogP contribution in [0.5, 0.6) is 0 Å².